The summed E-state index contributed by atoms with van der Waals surface area (Å²) in [5.41, 5.74) is 3.37. The van der Waals surface area contributed by atoms with E-state index in [1.54, 1.807) is 24.3 Å². The second-order valence-electron chi connectivity index (χ2n) is 6.29. The van der Waals surface area contributed by atoms with Crippen molar-refractivity contribution in [3.05, 3.63) is 94.6 Å². The fourth-order valence-electron chi connectivity index (χ4n) is 3.01. The average molecular weight is 384 g/mol. The van der Waals surface area contributed by atoms with Gasteiger partial charge in [-0.15, -0.1) is 0 Å². The van der Waals surface area contributed by atoms with Crippen LogP contribution in [0.2, 0.25) is 0 Å². The minimum absolute atomic E-state index is 0.0563. The SMILES string of the molecule is O=C(/C=C/c1ccccc1[N+](=O)[O-])Nc1ccccc1-c1nc2ccccc2[nH]1. The predicted octanol–water partition coefficient (Wildman–Crippen LogP) is 4.79. The van der Waals surface area contributed by atoms with Gasteiger partial charge in [-0.05, 0) is 36.4 Å². The number of imidazole rings is 1. The summed E-state index contributed by atoms with van der Waals surface area (Å²) in [5, 5.41) is 13.9. The molecule has 0 spiro atoms. The van der Waals surface area contributed by atoms with Crippen molar-refractivity contribution in [1.82, 2.24) is 9.97 Å². The van der Waals surface area contributed by atoms with E-state index in [-0.39, 0.29) is 5.69 Å². The largest absolute Gasteiger partial charge is 0.338 e. The molecule has 4 aromatic rings. The fourth-order valence-corrected chi connectivity index (χ4v) is 3.01. The van der Waals surface area contributed by atoms with Crippen molar-refractivity contribution in [1.29, 1.82) is 0 Å². The van der Waals surface area contributed by atoms with Gasteiger partial charge in [-0.3, -0.25) is 14.9 Å². The van der Waals surface area contributed by atoms with Gasteiger partial charge in [-0.25, -0.2) is 4.98 Å². The van der Waals surface area contributed by atoms with E-state index in [9.17, 15) is 14.9 Å². The van der Waals surface area contributed by atoms with Gasteiger partial charge in [0.15, 0.2) is 0 Å². The average Bonchev–Trinajstić information content (AvgIpc) is 3.17. The smallest absolute Gasteiger partial charge is 0.276 e. The molecule has 3 aromatic carbocycles. The normalized spacial score (nSPS) is 11.0. The summed E-state index contributed by atoms with van der Waals surface area (Å²) in [6.45, 7) is 0. The van der Waals surface area contributed by atoms with Crippen LogP contribution in [0, 0.1) is 10.1 Å². The zero-order valence-corrected chi connectivity index (χ0v) is 15.2. The van der Waals surface area contributed by atoms with Gasteiger partial charge in [0, 0.05) is 17.7 Å². The Balaban J connectivity index is 1.59. The molecule has 0 unspecified atom stereocenters. The topological polar surface area (TPSA) is 101 Å². The molecule has 0 saturated heterocycles. The van der Waals surface area contributed by atoms with Gasteiger partial charge < -0.3 is 10.3 Å². The number of nitro benzene ring substituents is 1. The second-order valence-corrected chi connectivity index (χ2v) is 6.29. The van der Waals surface area contributed by atoms with Gasteiger partial charge in [-0.2, -0.15) is 0 Å². The number of nitrogens with zero attached hydrogens (tertiary/aromatic N) is 2. The number of nitrogens with one attached hydrogen (secondary N) is 2. The number of nitro groups is 1. The van der Waals surface area contributed by atoms with Crippen LogP contribution in [0.1, 0.15) is 5.56 Å². The van der Waals surface area contributed by atoms with Crippen LogP contribution in [0.5, 0.6) is 0 Å². The summed E-state index contributed by atoms with van der Waals surface area (Å²) < 4.78 is 0. The highest BCUT2D eigenvalue weighted by Gasteiger charge is 2.12. The highest BCUT2D eigenvalue weighted by molar-refractivity contribution is 6.04. The summed E-state index contributed by atoms with van der Waals surface area (Å²) >= 11 is 0. The first-order valence-electron chi connectivity index (χ1n) is 8.88. The maximum absolute atomic E-state index is 12.4. The number of carbonyl (C=O) groups excluding carboxylic acids is 1. The van der Waals surface area contributed by atoms with Crippen LogP contribution in [-0.2, 0) is 4.79 Å². The summed E-state index contributed by atoms with van der Waals surface area (Å²) in [6, 6.07) is 21.2. The molecule has 1 amide bonds. The van der Waals surface area contributed by atoms with E-state index in [0.29, 0.717) is 17.1 Å². The van der Waals surface area contributed by atoms with Crippen molar-refractivity contribution in [2.75, 3.05) is 5.32 Å². The Kier molecular flexibility index (Phi) is 4.86. The van der Waals surface area contributed by atoms with Crippen LogP contribution in [0.15, 0.2) is 78.9 Å². The van der Waals surface area contributed by atoms with Gasteiger partial charge in [0.25, 0.3) is 5.69 Å². The number of aromatic amines is 1. The Hall–Kier alpha value is -4.26. The van der Waals surface area contributed by atoms with E-state index in [1.165, 1.54) is 18.2 Å². The molecule has 7 nitrogen and oxygen atoms in total. The molecule has 2 N–H and O–H groups in total. The van der Waals surface area contributed by atoms with E-state index in [1.807, 2.05) is 42.5 Å². The zero-order valence-electron chi connectivity index (χ0n) is 15.2. The number of anilines is 1. The number of carbonyl (C=O) groups is 1. The molecule has 0 atom stereocenters. The second kappa shape index (κ2) is 7.77. The number of benzene rings is 3. The van der Waals surface area contributed by atoms with E-state index in [2.05, 4.69) is 15.3 Å². The summed E-state index contributed by atoms with van der Waals surface area (Å²) in [7, 11) is 0. The Morgan fingerprint density at radius 2 is 1.72 bits per heavy atom. The Morgan fingerprint density at radius 1 is 1.00 bits per heavy atom. The summed E-state index contributed by atoms with van der Waals surface area (Å²) in [6.07, 6.45) is 2.70. The maximum atomic E-state index is 12.4. The number of hydrogen-bond donors (Lipinski definition) is 2. The minimum Gasteiger partial charge on any atom is -0.338 e. The molecule has 7 heteroatoms. The highest BCUT2D eigenvalue weighted by atomic mass is 16.6. The number of para-hydroxylation sites is 4. The third kappa shape index (κ3) is 3.89. The molecule has 0 aliphatic carbocycles. The zero-order chi connectivity index (χ0) is 20.2. The van der Waals surface area contributed by atoms with Crippen LogP contribution in [0.3, 0.4) is 0 Å². The lowest BCUT2D eigenvalue weighted by Gasteiger charge is -2.07. The van der Waals surface area contributed by atoms with Gasteiger partial charge in [0.05, 0.1) is 27.2 Å². The van der Waals surface area contributed by atoms with Gasteiger partial charge in [-0.1, -0.05) is 36.4 Å². The molecule has 0 aliphatic heterocycles. The van der Waals surface area contributed by atoms with Gasteiger partial charge >= 0.3 is 0 Å². The molecule has 0 bridgehead atoms. The summed E-state index contributed by atoms with van der Waals surface area (Å²) in [5.74, 6) is 0.247. The Morgan fingerprint density at radius 3 is 2.55 bits per heavy atom. The van der Waals surface area contributed by atoms with Crippen LogP contribution in [0.25, 0.3) is 28.5 Å². The van der Waals surface area contributed by atoms with Crippen molar-refractivity contribution in [2.45, 2.75) is 0 Å². The predicted molar refractivity (Wildman–Crippen MR) is 112 cm³/mol. The first kappa shape index (κ1) is 18.1. The van der Waals surface area contributed by atoms with Crippen LogP contribution >= 0.6 is 0 Å². The Labute approximate surface area is 165 Å². The van der Waals surface area contributed by atoms with Crippen molar-refractivity contribution in [2.24, 2.45) is 0 Å². The molecule has 142 valence electrons. The summed E-state index contributed by atoms with van der Waals surface area (Å²) in [4.78, 5) is 30.9. The van der Waals surface area contributed by atoms with E-state index in [0.717, 1.165) is 16.6 Å². The van der Waals surface area contributed by atoms with Gasteiger partial charge in [0.1, 0.15) is 5.82 Å². The van der Waals surface area contributed by atoms with Gasteiger partial charge in [0.2, 0.25) is 5.91 Å². The molecule has 1 heterocycles. The van der Waals surface area contributed by atoms with Crippen LogP contribution < -0.4 is 5.32 Å². The molecule has 0 aliphatic rings. The maximum Gasteiger partial charge on any atom is 0.276 e. The molecule has 4 rings (SSSR count). The molecular weight excluding hydrogens is 368 g/mol. The lowest BCUT2D eigenvalue weighted by atomic mass is 10.1. The van der Waals surface area contributed by atoms with Crippen molar-refractivity contribution >= 4 is 34.4 Å². The number of amides is 1. The minimum atomic E-state index is -0.478. The number of H-pyrrole nitrogens is 1. The highest BCUT2D eigenvalue weighted by Crippen LogP contribution is 2.27. The number of aromatic nitrogens is 2. The number of fused-ring (bicyclic) bond motifs is 1. The molecule has 0 saturated carbocycles. The molecule has 1 aromatic heterocycles. The lowest BCUT2D eigenvalue weighted by Crippen LogP contribution is -2.09. The van der Waals surface area contributed by atoms with Crippen molar-refractivity contribution in [3.8, 4) is 11.4 Å². The first-order chi connectivity index (χ1) is 14.1. The quantitative estimate of drug-likeness (QED) is 0.293. The van der Waals surface area contributed by atoms with Crippen LogP contribution in [-0.4, -0.2) is 20.8 Å². The van der Waals surface area contributed by atoms with E-state index < -0.39 is 10.8 Å². The number of hydrogen-bond acceptors (Lipinski definition) is 4. The van der Waals surface area contributed by atoms with Crippen LogP contribution in [0.4, 0.5) is 11.4 Å². The third-order valence-electron chi connectivity index (χ3n) is 4.38. The van der Waals surface area contributed by atoms with Crippen molar-refractivity contribution < 1.29 is 9.72 Å². The molecule has 0 fully saturated rings. The monoisotopic (exact) mass is 384 g/mol. The molecular formula is C22H16N4O3. The number of rotatable bonds is 5. The standard InChI is InChI=1S/C22H16N4O3/c27-21(14-13-15-7-1-6-12-20(15)26(28)29)23-17-9-3-2-8-16(17)22-24-18-10-4-5-11-19(18)25-22/h1-14H,(H,23,27)(H,24,25)/b14-13+. The fraction of sp³-hybridized carbons (Fsp3) is 0. The third-order valence-corrected chi connectivity index (χ3v) is 4.38. The van der Waals surface area contributed by atoms with Crippen molar-refractivity contribution in [3.63, 3.8) is 0 Å². The Bertz CT molecular complexity index is 1210. The lowest BCUT2D eigenvalue weighted by molar-refractivity contribution is -0.385. The molecule has 29 heavy (non-hydrogen) atoms. The van der Waals surface area contributed by atoms with E-state index >= 15 is 0 Å². The van der Waals surface area contributed by atoms with E-state index in [4.69, 9.17) is 0 Å². The molecule has 0 radical (unpaired) electrons. The first-order valence-corrected chi connectivity index (χ1v) is 8.88.